The molecule has 17 heavy (non-hydrogen) atoms. The van der Waals surface area contributed by atoms with Gasteiger partial charge in [-0.25, -0.2) is 0 Å². The lowest BCUT2D eigenvalue weighted by molar-refractivity contribution is -0.125. The first-order chi connectivity index (χ1) is 8.08. The van der Waals surface area contributed by atoms with Gasteiger partial charge in [-0.3, -0.25) is 9.48 Å². The van der Waals surface area contributed by atoms with Crippen molar-refractivity contribution in [3.63, 3.8) is 0 Å². The van der Waals surface area contributed by atoms with E-state index in [4.69, 9.17) is 5.73 Å². The second kappa shape index (κ2) is 6.39. The summed E-state index contributed by atoms with van der Waals surface area (Å²) in [5, 5.41) is 7.15. The van der Waals surface area contributed by atoms with Gasteiger partial charge in [0.05, 0.1) is 11.6 Å². The van der Waals surface area contributed by atoms with E-state index >= 15 is 0 Å². The third kappa shape index (κ3) is 3.85. The van der Waals surface area contributed by atoms with Crippen LogP contribution in [-0.4, -0.2) is 22.2 Å². The van der Waals surface area contributed by atoms with Gasteiger partial charge in [-0.05, 0) is 13.3 Å². The van der Waals surface area contributed by atoms with Gasteiger partial charge in [-0.15, -0.1) is 0 Å². The highest BCUT2D eigenvalue weighted by atomic mass is 16.1. The Labute approximate surface area is 102 Å². The Hall–Kier alpha value is -1.36. The zero-order valence-corrected chi connectivity index (χ0v) is 10.9. The molecule has 1 unspecified atom stereocenters. The van der Waals surface area contributed by atoms with Crippen LogP contribution in [0.3, 0.4) is 0 Å². The van der Waals surface area contributed by atoms with Crippen molar-refractivity contribution in [3.05, 3.63) is 17.5 Å². The minimum Gasteiger partial charge on any atom is -0.352 e. The number of aryl methyl sites for hydroxylation is 2. The fourth-order valence-electron chi connectivity index (χ4n) is 1.85. The second-order valence-electron chi connectivity index (χ2n) is 4.35. The largest absolute Gasteiger partial charge is 0.352 e. The first-order valence-corrected chi connectivity index (χ1v) is 6.05. The van der Waals surface area contributed by atoms with Crippen LogP contribution in [0.25, 0.3) is 0 Å². The molecule has 0 fully saturated rings. The minimum atomic E-state index is -0.0722. The summed E-state index contributed by atoms with van der Waals surface area (Å²) in [5.41, 5.74) is 7.59. The molecule has 3 N–H and O–H groups in total. The molecular weight excluding hydrogens is 216 g/mol. The number of carbonyl (C=O) groups is 1. The van der Waals surface area contributed by atoms with Crippen molar-refractivity contribution in [2.24, 2.45) is 18.7 Å². The summed E-state index contributed by atoms with van der Waals surface area (Å²) in [6.07, 6.45) is 3.74. The molecule has 0 aliphatic carbocycles. The van der Waals surface area contributed by atoms with E-state index in [-0.39, 0.29) is 11.8 Å². The Morgan fingerprint density at radius 1 is 1.65 bits per heavy atom. The lowest BCUT2D eigenvalue weighted by atomic mass is 10.0. The molecule has 0 saturated carbocycles. The van der Waals surface area contributed by atoms with E-state index in [1.165, 1.54) is 0 Å². The van der Waals surface area contributed by atoms with Crippen molar-refractivity contribution in [3.8, 4) is 0 Å². The Morgan fingerprint density at radius 3 is 2.82 bits per heavy atom. The van der Waals surface area contributed by atoms with Gasteiger partial charge in [0, 0.05) is 31.9 Å². The predicted octanol–water partition coefficient (Wildman–Crippen LogP) is 0.720. The van der Waals surface area contributed by atoms with E-state index in [2.05, 4.69) is 17.3 Å². The Kier molecular flexibility index (Phi) is 5.15. The minimum absolute atomic E-state index is 0.0394. The van der Waals surface area contributed by atoms with Gasteiger partial charge in [0.1, 0.15) is 0 Å². The van der Waals surface area contributed by atoms with Crippen molar-refractivity contribution in [2.75, 3.05) is 6.54 Å². The third-order valence-corrected chi connectivity index (χ3v) is 2.86. The average molecular weight is 238 g/mol. The summed E-state index contributed by atoms with van der Waals surface area (Å²) in [6, 6.07) is 0. The van der Waals surface area contributed by atoms with E-state index in [1.807, 2.05) is 20.2 Å². The lowest BCUT2D eigenvalue weighted by Crippen LogP contribution is -2.34. The maximum atomic E-state index is 11.8. The first-order valence-electron chi connectivity index (χ1n) is 6.05. The summed E-state index contributed by atoms with van der Waals surface area (Å²) in [7, 11) is 1.87. The molecule has 1 heterocycles. The van der Waals surface area contributed by atoms with Crippen molar-refractivity contribution < 1.29 is 4.79 Å². The highest BCUT2D eigenvalue weighted by Crippen LogP contribution is 2.07. The Morgan fingerprint density at radius 2 is 2.35 bits per heavy atom. The number of nitrogens with two attached hydrogens (primary N) is 1. The van der Waals surface area contributed by atoms with Crippen LogP contribution in [0.2, 0.25) is 0 Å². The molecule has 5 heteroatoms. The number of nitrogens with one attached hydrogen (secondary N) is 1. The topological polar surface area (TPSA) is 72.9 Å². The van der Waals surface area contributed by atoms with Crippen molar-refractivity contribution >= 4 is 5.91 Å². The molecule has 96 valence electrons. The number of hydrogen-bond acceptors (Lipinski definition) is 3. The molecule has 0 spiro atoms. The van der Waals surface area contributed by atoms with E-state index in [9.17, 15) is 4.79 Å². The summed E-state index contributed by atoms with van der Waals surface area (Å²) in [4.78, 5) is 11.8. The Bertz CT molecular complexity index is 373. The molecule has 0 aliphatic rings. The van der Waals surface area contributed by atoms with E-state index in [1.54, 1.807) is 4.68 Å². The highest BCUT2D eigenvalue weighted by Gasteiger charge is 2.15. The second-order valence-corrected chi connectivity index (χ2v) is 4.35. The van der Waals surface area contributed by atoms with Crippen LogP contribution >= 0.6 is 0 Å². The first kappa shape index (κ1) is 13.7. The maximum absolute atomic E-state index is 11.8. The molecule has 0 aromatic carbocycles. The summed E-state index contributed by atoms with van der Waals surface area (Å²) in [6.45, 7) is 4.93. The van der Waals surface area contributed by atoms with E-state index in [0.29, 0.717) is 13.1 Å². The molecule has 1 aromatic heterocycles. The standard InChI is InChI=1S/C12H22N4O/c1-4-5-10(6-13)12(17)14-7-11-8-16(3)15-9(11)2/h8,10H,4-7,13H2,1-3H3,(H,14,17). The number of nitrogens with zero attached hydrogens (tertiary/aromatic N) is 2. The fourth-order valence-corrected chi connectivity index (χ4v) is 1.85. The third-order valence-electron chi connectivity index (χ3n) is 2.86. The predicted molar refractivity (Wildman–Crippen MR) is 67.2 cm³/mol. The smallest absolute Gasteiger partial charge is 0.224 e. The zero-order chi connectivity index (χ0) is 12.8. The maximum Gasteiger partial charge on any atom is 0.224 e. The molecule has 5 nitrogen and oxygen atoms in total. The fraction of sp³-hybridized carbons (Fsp3) is 0.667. The quantitative estimate of drug-likeness (QED) is 0.767. The molecule has 0 bridgehead atoms. The monoisotopic (exact) mass is 238 g/mol. The number of aromatic nitrogens is 2. The molecule has 1 aromatic rings. The van der Waals surface area contributed by atoms with Crippen LogP contribution in [0.15, 0.2) is 6.20 Å². The van der Waals surface area contributed by atoms with Gasteiger partial charge >= 0.3 is 0 Å². The van der Waals surface area contributed by atoms with Gasteiger partial charge < -0.3 is 11.1 Å². The summed E-state index contributed by atoms with van der Waals surface area (Å²) in [5.74, 6) is -0.0328. The molecule has 0 radical (unpaired) electrons. The van der Waals surface area contributed by atoms with Crippen molar-refractivity contribution in [2.45, 2.75) is 33.2 Å². The van der Waals surface area contributed by atoms with Crippen LogP contribution in [-0.2, 0) is 18.4 Å². The van der Waals surface area contributed by atoms with Gasteiger partial charge in [0.25, 0.3) is 0 Å². The van der Waals surface area contributed by atoms with Crippen LogP contribution in [0.4, 0.5) is 0 Å². The van der Waals surface area contributed by atoms with E-state index < -0.39 is 0 Å². The Balaban J connectivity index is 2.49. The van der Waals surface area contributed by atoms with Crippen molar-refractivity contribution in [1.82, 2.24) is 15.1 Å². The van der Waals surface area contributed by atoms with Gasteiger partial charge in [0.15, 0.2) is 0 Å². The number of amides is 1. The van der Waals surface area contributed by atoms with Gasteiger partial charge in [0.2, 0.25) is 5.91 Å². The average Bonchev–Trinajstić information content (AvgIpc) is 2.61. The van der Waals surface area contributed by atoms with Gasteiger partial charge in [-0.2, -0.15) is 5.10 Å². The lowest BCUT2D eigenvalue weighted by Gasteiger charge is -2.13. The molecule has 1 atom stereocenters. The highest BCUT2D eigenvalue weighted by molar-refractivity contribution is 5.78. The van der Waals surface area contributed by atoms with Gasteiger partial charge in [-0.1, -0.05) is 13.3 Å². The number of carbonyl (C=O) groups excluding carboxylic acids is 1. The van der Waals surface area contributed by atoms with Crippen LogP contribution in [0.5, 0.6) is 0 Å². The SMILES string of the molecule is CCCC(CN)C(=O)NCc1cn(C)nc1C. The van der Waals surface area contributed by atoms with Crippen LogP contribution < -0.4 is 11.1 Å². The number of hydrogen-bond donors (Lipinski definition) is 2. The van der Waals surface area contributed by atoms with Crippen molar-refractivity contribution in [1.29, 1.82) is 0 Å². The molecule has 0 aliphatic heterocycles. The zero-order valence-electron chi connectivity index (χ0n) is 10.9. The normalized spacial score (nSPS) is 12.5. The molecular formula is C12H22N4O. The molecule has 0 saturated heterocycles. The van der Waals surface area contributed by atoms with E-state index in [0.717, 1.165) is 24.1 Å². The number of rotatable bonds is 6. The van der Waals surface area contributed by atoms with Crippen LogP contribution in [0.1, 0.15) is 31.0 Å². The van der Waals surface area contributed by atoms with Crippen LogP contribution in [0, 0.1) is 12.8 Å². The summed E-state index contributed by atoms with van der Waals surface area (Å²) < 4.78 is 1.75. The summed E-state index contributed by atoms with van der Waals surface area (Å²) >= 11 is 0. The molecule has 1 rings (SSSR count). The molecule has 1 amide bonds.